The van der Waals surface area contributed by atoms with E-state index in [9.17, 15) is 4.79 Å². The van der Waals surface area contributed by atoms with E-state index in [1.165, 1.54) is 4.88 Å². The minimum atomic E-state index is -0.0470. The normalized spacial score (nSPS) is 22.7. The molecule has 0 radical (unpaired) electrons. The number of likely N-dealkylation sites (tertiary alicyclic amines) is 1. The van der Waals surface area contributed by atoms with E-state index in [4.69, 9.17) is 5.73 Å². The Hall–Kier alpha value is -1.34. The molecule has 0 bridgehead atoms. The maximum absolute atomic E-state index is 11.9. The lowest BCUT2D eigenvalue weighted by Crippen LogP contribution is -2.52. The predicted octanol–water partition coefficient (Wildman–Crippen LogP) is 1.89. The van der Waals surface area contributed by atoms with Crippen LogP contribution in [0.2, 0.25) is 0 Å². The highest BCUT2D eigenvalue weighted by atomic mass is 32.1. The summed E-state index contributed by atoms with van der Waals surface area (Å²) in [6, 6.07) is 0.198. The Labute approximate surface area is 136 Å². The van der Waals surface area contributed by atoms with Crippen molar-refractivity contribution in [2.45, 2.75) is 39.8 Å². The average Bonchev–Trinajstić information content (AvgIpc) is 2.85. The summed E-state index contributed by atoms with van der Waals surface area (Å²) in [5, 5.41) is 6.65. The number of anilines is 1. The van der Waals surface area contributed by atoms with Crippen molar-refractivity contribution in [3.8, 4) is 0 Å². The fraction of sp³-hybridized carbons (Fsp3) is 0.733. The number of nitrogen functional groups attached to an aromatic ring is 1. The van der Waals surface area contributed by atoms with Crippen molar-refractivity contribution < 1.29 is 4.79 Å². The smallest absolute Gasteiger partial charge is 0.315 e. The maximum atomic E-state index is 11.9. The molecule has 4 N–H and O–H groups in total. The topological polar surface area (TPSA) is 83.3 Å². The third kappa shape index (κ3) is 5.14. The van der Waals surface area contributed by atoms with Gasteiger partial charge in [-0.2, -0.15) is 0 Å². The lowest BCUT2D eigenvalue weighted by molar-refractivity contribution is 0.143. The van der Waals surface area contributed by atoms with Gasteiger partial charge in [-0.15, -0.1) is 11.3 Å². The van der Waals surface area contributed by atoms with Gasteiger partial charge in [-0.05, 0) is 18.3 Å². The van der Waals surface area contributed by atoms with Crippen LogP contribution < -0.4 is 16.4 Å². The fourth-order valence-corrected chi connectivity index (χ4v) is 3.45. The van der Waals surface area contributed by atoms with E-state index in [0.29, 0.717) is 23.5 Å². The molecule has 1 aromatic rings. The number of thiazole rings is 1. The molecule has 0 spiro atoms. The molecular weight excluding hydrogens is 298 g/mol. The van der Waals surface area contributed by atoms with E-state index in [1.807, 2.05) is 6.20 Å². The van der Waals surface area contributed by atoms with Gasteiger partial charge in [0.25, 0.3) is 0 Å². The summed E-state index contributed by atoms with van der Waals surface area (Å²) < 4.78 is 0. The number of nitrogens with two attached hydrogens (primary N) is 1. The summed E-state index contributed by atoms with van der Waals surface area (Å²) >= 11 is 1.55. The van der Waals surface area contributed by atoms with E-state index in [2.05, 4.69) is 41.3 Å². The highest BCUT2D eigenvalue weighted by molar-refractivity contribution is 7.15. The second kappa shape index (κ2) is 7.78. The molecule has 1 saturated heterocycles. The van der Waals surface area contributed by atoms with Crippen LogP contribution in [0.4, 0.5) is 9.93 Å². The van der Waals surface area contributed by atoms with E-state index in [0.717, 1.165) is 26.1 Å². The summed E-state index contributed by atoms with van der Waals surface area (Å²) in [5.41, 5.74) is 5.67. The summed E-state index contributed by atoms with van der Waals surface area (Å²) in [7, 11) is 0. The molecular formula is C15H27N5OS. The lowest BCUT2D eigenvalue weighted by Gasteiger charge is -2.37. The number of carbonyl (C=O) groups excluding carboxylic acids is 1. The Balaban J connectivity index is 1.76. The van der Waals surface area contributed by atoms with Crippen LogP contribution in [0, 0.1) is 11.8 Å². The first kappa shape index (κ1) is 17.0. The molecule has 7 heteroatoms. The number of nitrogens with zero attached hydrogens (tertiary/aromatic N) is 2. The molecule has 1 fully saturated rings. The van der Waals surface area contributed by atoms with Crippen molar-refractivity contribution in [2.75, 3.05) is 25.4 Å². The number of carbonyl (C=O) groups is 1. The largest absolute Gasteiger partial charge is 0.375 e. The number of aromatic nitrogens is 1. The van der Waals surface area contributed by atoms with E-state index >= 15 is 0 Å². The number of piperidine rings is 1. The van der Waals surface area contributed by atoms with Crippen LogP contribution >= 0.6 is 11.3 Å². The Kier molecular flexibility index (Phi) is 6.02. The van der Waals surface area contributed by atoms with Gasteiger partial charge in [-0.3, -0.25) is 4.90 Å². The van der Waals surface area contributed by atoms with Crippen molar-refractivity contribution in [1.29, 1.82) is 0 Å². The molecule has 22 heavy (non-hydrogen) atoms. The minimum absolute atomic E-state index is 0.0470. The predicted molar refractivity (Wildman–Crippen MR) is 90.7 cm³/mol. The van der Waals surface area contributed by atoms with Gasteiger partial charge in [0.2, 0.25) is 0 Å². The first-order valence-corrected chi connectivity index (χ1v) is 8.72. The van der Waals surface area contributed by atoms with Gasteiger partial charge in [0.05, 0.1) is 0 Å². The molecule has 0 saturated carbocycles. The maximum Gasteiger partial charge on any atom is 0.315 e. The van der Waals surface area contributed by atoms with Crippen LogP contribution in [0.1, 0.15) is 32.1 Å². The third-order valence-corrected chi connectivity index (χ3v) is 4.74. The van der Waals surface area contributed by atoms with E-state index in [-0.39, 0.29) is 12.1 Å². The fourth-order valence-electron chi connectivity index (χ4n) is 2.72. The Morgan fingerprint density at radius 1 is 1.59 bits per heavy atom. The Morgan fingerprint density at radius 3 is 2.95 bits per heavy atom. The standard InChI is InChI=1S/C15H27N5OS/c1-10(2)6-18-15(21)19-13-4-5-20(8-11(13)3)9-12-7-17-14(16)22-12/h7,10-11,13H,4-6,8-9H2,1-3H3,(H2,16,17)(H2,18,19,21). The molecule has 6 nitrogen and oxygen atoms in total. The number of rotatable bonds is 5. The summed E-state index contributed by atoms with van der Waals surface area (Å²) in [6.07, 6.45) is 2.83. The molecule has 1 aliphatic heterocycles. The van der Waals surface area contributed by atoms with Crippen molar-refractivity contribution >= 4 is 22.5 Å². The van der Waals surface area contributed by atoms with Crippen LogP contribution in [-0.2, 0) is 6.54 Å². The zero-order valence-corrected chi connectivity index (χ0v) is 14.4. The SMILES string of the molecule is CC(C)CNC(=O)NC1CCN(Cc2cnc(N)s2)CC1C. The second-order valence-corrected chi connectivity index (χ2v) is 7.67. The highest BCUT2D eigenvalue weighted by Crippen LogP contribution is 2.22. The van der Waals surface area contributed by atoms with Crippen LogP contribution in [-0.4, -0.2) is 41.6 Å². The van der Waals surface area contributed by atoms with Gasteiger partial charge in [-0.1, -0.05) is 20.8 Å². The Bertz CT molecular complexity index is 490. The number of urea groups is 1. The molecule has 2 atom stereocenters. The highest BCUT2D eigenvalue weighted by Gasteiger charge is 2.27. The molecule has 2 rings (SSSR count). The van der Waals surface area contributed by atoms with E-state index < -0.39 is 0 Å². The van der Waals surface area contributed by atoms with Crippen LogP contribution in [0.3, 0.4) is 0 Å². The van der Waals surface area contributed by atoms with Crippen LogP contribution in [0.5, 0.6) is 0 Å². The monoisotopic (exact) mass is 325 g/mol. The summed E-state index contributed by atoms with van der Waals surface area (Å²) in [5.74, 6) is 0.903. The van der Waals surface area contributed by atoms with Gasteiger partial charge in [0.1, 0.15) is 0 Å². The quantitative estimate of drug-likeness (QED) is 0.772. The summed E-state index contributed by atoms with van der Waals surface area (Å²) in [6.45, 7) is 9.95. The van der Waals surface area contributed by atoms with Crippen LogP contribution in [0.15, 0.2) is 6.20 Å². The Morgan fingerprint density at radius 2 is 2.36 bits per heavy atom. The van der Waals surface area contributed by atoms with Crippen LogP contribution in [0.25, 0.3) is 0 Å². The lowest BCUT2D eigenvalue weighted by atomic mass is 9.94. The zero-order chi connectivity index (χ0) is 16.1. The van der Waals surface area contributed by atoms with Gasteiger partial charge in [-0.25, -0.2) is 9.78 Å². The first-order chi connectivity index (χ1) is 10.4. The third-order valence-electron chi connectivity index (χ3n) is 3.93. The van der Waals surface area contributed by atoms with Gasteiger partial charge in [0, 0.05) is 43.3 Å². The van der Waals surface area contributed by atoms with Crippen molar-refractivity contribution in [2.24, 2.45) is 11.8 Å². The molecule has 2 unspecified atom stereocenters. The summed E-state index contributed by atoms with van der Waals surface area (Å²) in [4.78, 5) is 19.6. The van der Waals surface area contributed by atoms with E-state index in [1.54, 1.807) is 11.3 Å². The number of amides is 2. The second-order valence-electron chi connectivity index (χ2n) is 6.52. The van der Waals surface area contributed by atoms with Crippen molar-refractivity contribution in [3.63, 3.8) is 0 Å². The van der Waals surface area contributed by atoms with Gasteiger partial charge >= 0.3 is 6.03 Å². The van der Waals surface area contributed by atoms with Crippen molar-refractivity contribution in [1.82, 2.24) is 20.5 Å². The number of hydrogen-bond donors (Lipinski definition) is 3. The average molecular weight is 325 g/mol. The van der Waals surface area contributed by atoms with Gasteiger partial charge in [0.15, 0.2) is 5.13 Å². The molecule has 0 aromatic carbocycles. The molecule has 2 heterocycles. The molecule has 2 amide bonds. The number of nitrogens with one attached hydrogen (secondary N) is 2. The molecule has 124 valence electrons. The van der Waals surface area contributed by atoms with Crippen molar-refractivity contribution in [3.05, 3.63) is 11.1 Å². The minimum Gasteiger partial charge on any atom is -0.375 e. The van der Waals surface area contributed by atoms with Gasteiger partial charge < -0.3 is 16.4 Å². The molecule has 1 aromatic heterocycles. The molecule has 0 aliphatic carbocycles. The number of hydrogen-bond acceptors (Lipinski definition) is 5. The zero-order valence-electron chi connectivity index (χ0n) is 13.6. The first-order valence-electron chi connectivity index (χ1n) is 7.91. The molecule has 1 aliphatic rings.